The van der Waals surface area contributed by atoms with Crippen LogP contribution in [0.5, 0.6) is 0 Å². The fraction of sp³-hybridized carbons (Fsp3) is 0.385. The first-order valence-corrected chi connectivity index (χ1v) is 6.03. The molecule has 0 saturated heterocycles. The van der Waals surface area contributed by atoms with Gasteiger partial charge in [-0.05, 0) is 19.9 Å². The molecule has 3 N–H and O–H groups in total. The predicted molar refractivity (Wildman–Crippen MR) is 71.9 cm³/mol. The van der Waals surface area contributed by atoms with Gasteiger partial charge in [0.25, 0.3) is 6.43 Å². The lowest BCUT2D eigenvalue weighted by Gasteiger charge is -2.27. The molecule has 1 aromatic carbocycles. The highest BCUT2D eigenvalue weighted by Crippen LogP contribution is 2.42. The zero-order valence-corrected chi connectivity index (χ0v) is 11.2. The minimum absolute atomic E-state index is 0.00143. The number of aliphatic hydroxyl groups is 1. The molecule has 110 valence electrons. The molecule has 0 saturated carbocycles. The van der Waals surface area contributed by atoms with Gasteiger partial charge in [0.15, 0.2) is 0 Å². The van der Waals surface area contributed by atoms with Crippen molar-refractivity contribution in [3.05, 3.63) is 29.6 Å². The highest BCUT2D eigenvalue weighted by atomic mass is 19.3. The molecule has 1 aliphatic heterocycles. The van der Waals surface area contributed by atoms with Crippen LogP contribution < -0.4 is 16.0 Å². The van der Waals surface area contributed by atoms with Crippen LogP contribution in [0, 0.1) is 5.82 Å². The SMILES string of the molecule is C=Cc1cc2c(c(C(F)F)c1F)N(CC(C)(C)O)NN2. The third-order valence-electron chi connectivity index (χ3n) is 2.88. The van der Waals surface area contributed by atoms with Crippen LogP contribution >= 0.6 is 0 Å². The zero-order chi connectivity index (χ0) is 15.1. The van der Waals surface area contributed by atoms with E-state index in [2.05, 4.69) is 17.5 Å². The van der Waals surface area contributed by atoms with E-state index in [-0.39, 0.29) is 17.8 Å². The number of halogens is 3. The number of benzene rings is 1. The van der Waals surface area contributed by atoms with E-state index in [1.807, 2.05) is 0 Å². The van der Waals surface area contributed by atoms with E-state index in [0.717, 1.165) is 0 Å². The molecule has 1 aromatic rings. The van der Waals surface area contributed by atoms with Crippen LogP contribution in [0.3, 0.4) is 0 Å². The first-order valence-electron chi connectivity index (χ1n) is 6.03. The maximum absolute atomic E-state index is 14.1. The number of β-amino-alcohol motifs (C(OH)–C–C–N with tert-alkyl or cyclic N) is 1. The topological polar surface area (TPSA) is 47.5 Å². The van der Waals surface area contributed by atoms with E-state index >= 15 is 0 Å². The number of anilines is 2. The first-order chi connectivity index (χ1) is 9.24. The van der Waals surface area contributed by atoms with E-state index < -0.39 is 23.4 Å². The van der Waals surface area contributed by atoms with E-state index in [9.17, 15) is 18.3 Å². The largest absolute Gasteiger partial charge is 0.389 e. The Hall–Kier alpha value is -1.73. The summed E-state index contributed by atoms with van der Waals surface area (Å²) in [5, 5.41) is 11.1. The minimum atomic E-state index is -2.98. The summed E-state index contributed by atoms with van der Waals surface area (Å²) in [5.41, 5.74) is 3.81. The van der Waals surface area contributed by atoms with Crippen molar-refractivity contribution in [2.75, 3.05) is 17.0 Å². The molecule has 1 heterocycles. The summed E-state index contributed by atoms with van der Waals surface area (Å²) in [4.78, 5) is 0. The molecule has 0 atom stereocenters. The maximum Gasteiger partial charge on any atom is 0.268 e. The van der Waals surface area contributed by atoms with Crippen molar-refractivity contribution in [3.8, 4) is 0 Å². The van der Waals surface area contributed by atoms with Gasteiger partial charge in [-0.15, -0.1) is 5.53 Å². The van der Waals surface area contributed by atoms with Gasteiger partial charge < -0.3 is 10.5 Å². The number of rotatable bonds is 4. The predicted octanol–water partition coefficient (Wildman–Crippen LogP) is 2.83. The lowest BCUT2D eigenvalue weighted by Crippen LogP contribution is -2.45. The van der Waals surface area contributed by atoms with Gasteiger partial charge in [0.1, 0.15) is 5.82 Å². The molecule has 0 amide bonds. The van der Waals surface area contributed by atoms with Crippen molar-refractivity contribution < 1.29 is 18.3 Å². The molecule has 0 aromatic heterocycles. The molecule has 1 aliphatic rings. The molecule has 0 spiro atoms. The third kappa shape index (κ3) is 2.59. The lowest BCUT2D eigenvalue weighted by atomic mass is 10.0. The van der Waals surface area contributed by atoms with Crippen LogP contribution in [0.1, 0.15) is 31.4 Å². The normalized spacial score (nSPS) is 14.4. The average Bonchev–Trinajstić information content (AvgIpc) is 2.68. The molecular weight excluding hydrogens is 271 g/mol. The van der Waals surface area contributed by atoms with Gasteiger partial charge in [-0.1, -0.05) is 12.7 Å². The summed E-state index contributed by atoms with van der Waals surface area (Å²) in [6.07, 6.45) is -1.79. The van der Waals surface area contributed by atoms with Crippen LogP contribution in [0.15, 0.2) is 12.6 Å². The Balaban J connectivity index is 2.56. The smallest absolute Gasteiger partial charge is 0.268 e. The second kappa shape index (κ2) is 4.99. The molecular formula is C13H16F3N3O. The van der Waals surface area contributed by atoms with Gasteiger partial charge in [0.05, 0.1) is 29.1 Å². The Bertz CT molecular complexity index is 541. The van der Waals surface area contributed by atoms with Crippen molar-refractivity contribution in [1.82, 2.24) is 5.53 Å². The number of hydrazine groups is 2. The van der Waals surface area contributed by atoms with Gasteiger partial charge in [0.2, 0.25) is 0 Å². The fourth-order valence-corrected chi connectivity index (χ4v) is 2.11. The quantitative estimate of drug-likeness (QED) is 0.797. The number of fused-ring (bicyclic) bond motifs is 1. The van der Waals surface area contributed by atoms with Crippen LogP contribution in [0.2, 0.25) is 0 Å². The van der Waals surface area contributed by atoms with Crippen molar-refractivity contribution in [2.24, 2.45) is 0 Å². The van der Waals surface area contributed by atoms with E-state index in [1.54, 1.807) is 0 Å². The van der Waals surface area contributed by atoms with Gasteiger partial charge >= 0.3 is 0 Å². The summed E-state index contributed by atoms with van der Waals surface area (Å²) in [6, 6.07) is 1.39. The lowest BCUT2D eigenvalue weighted by molar-refractivity contribution is 0.0852. The number of hydrogen-bond donors (Lipinski definition) is 3. The average molecular weight is 287 g/mol. The Kier molecular flexibility index (Phi) is 3.66. The second-order valence-electron chi connectivity index (χ2n) is 5.23. The zero-order valence-electron chi connectivity index (χ0n) is 11.2. The monoisotopic (exact) mass is 287 g/mol. The van der Waals surface area contributed by atoms with Crippen LogP contribution in [0.4, 0.5) is 24.5 Å². The van der Waals surface area contributed by atoms with Crippen LogP contribution in [-0.4, -0.2) is 17.3 Å². The summed E-state index contributed by atoms with van der Waals surface area (Å²) in [5.74, 6) is -1.00. The Morgan fingerprint density at radius 3 is 2.65 bits per heavy atom. The molecule has 0 fully saturated rings. The van der Waals surface area contributed by atoms with Crippen molar-refractivity contribution in [2.45, 2.75) is 25.9 Å². The molecule has 0 unspecified atom stereocenters. The van der Waals surface area contributed by atoms with Gasteiger partial charge in [-0.25, -0.2) is 13.2 Å². The fourth-order valence-electron chi connectivity index (χ4n) is 2.11. The van der Waals surface area contributed by atoms with Crippen molar-refractivity contribution in [1.29, 1.82) is 0 Å². The summed E-state index contributed by atoms with van der Waals surface area (Å²) in [7, 11) is 0. The Morgan fingerprint density at radius 1 is 1.50 bits per heavy atom. The molecule has 0 aliphatic carbocycles. The van der Waals surface area contributed by atoms with E-state index in [4.69, 9.17) is 0 Å². The van der Waals surface area contributed by atoms with Crippen molar-refractivity contribution in [3.63, 3.8) is 0 Å². The Morgan fingerprint density at radius 2 is 2.15 bits per heavy atom. The minimum Gasteiger partial charge on any atom is -0.389 e. The molecule has 20 heavy (non-hydrogen) atoms. The second-order valence-corrected chi connectivity index (χ2v) is 5.23. The molecule has 7 heteroatoms. The standard InChI is InChI=1S/C13H16F3N3O/c1-4-7-5-8-11(9(10(7)14)12(15)16)19(18-17-8)6-13(2,3)20/h4-5,12,17-18,20H,1,6H2,2-3H3. The summed E-state index contributed by atoms with van der Waals surface area (Å²) in [6.45, 7) is 6.48. The molecule has 0 radical (unpaired) electrons. The number of nitrogens with zero attached hydrogens (tertiary/aromatic N) is 1. The first kappa shape index (κ1) is 14.7. The molecule has 4 nitrogen and oxygen atoms in total. The Labute approximate surface area is 114 Å². The number of hydrogen-bond acceptors (Lipinski definition) is 4. The maximum atomic E-state index is 14.1. The van der Waals surface area contributed by atoms with Crippen molar-refractivity contribution >= 4 is 17.5 Å². The molecule has 0 bridgehead atoms. The molecule has 2 rings (SSSR count). The summed E-state index contributed by atoms with van der Waals surface area (Å²) >= 11 is 0. The van der Waals surface area contributed by atoms with Gasteiger partial charge in [-0.3, -0.25) is 5.01 Å². The van der Waals surface area contributed by atoms with Gasteiger partial charge in [0, 0.05) is 5.56 Å². The van der Waals surface area contributed by atoms with E-state index in [0.29, 0.717) is 5.69 Å². The summed E-state index contributed by atoms with van der Waals surface area (Å²) < 4.78 is 40.5. The van der Waals surface area contributed by atoms with Crippen LogP contribution in [0.25, 0.3) is 6.08 Å². The number of nitrogens with one attached hydrogen (secondary N) is 2. The van der Waals surface area contributed by atoms with Crippen LogP contribution in [-0.2, 0) is 0 Å². The highest BCUT2D eigenvalue weighted by Gasteiger charge is 2.33. The third-order valence-corrected chi connectivity index (χ3v) is 2.88. The highest BCUT2D eigenvalue weighted by molar-refractivity contribution is 5.80. The number of alkyl halides is 2. The van der Waals surface area contributed by atoms with Gasteiger partial charge in [-0.2, -0.15) is 0 Å². The van der Waals surface area contributed by atoms with E-state index in [1.165, 1.54) is 31.0 Å².